The minimum absolute atomic E-state index is 0.00375. The Hall–Kier alpha value is -4.57. The number of hydrogen-bond acceptors (Lipinski definition) is 24. The number of pyridine rings is 1. The zero-order chi connectivity index (χ0) is 110. The van der Waals surface area contributed by atoms with Gasteiger partial charge in [-0.3, -0.25) is 43.3 Å². The first-order valence-corrected chi connectivity index (χ1v) is 56.5. The summed E-state index contributed by atoms with van der Waals surface area (Å²) in [7, 11) is 0. The molecule has 0 spiro atoms. The number of nitrogens with zero attached hydrogens (tertiary/aromatic N) is 3. The third-order valence-electron chi connectivity index (χ3n) is 22.6. The second-order valence-corrected chi connectivity index (χ2v) is 45.0. The lowest BCUT2D eigenvalue weighted by Crippen LogP contribution is -2.47. The lowest BCUT2D eigenvalue weighted by Gasteiger charge is -2.35. The van der Waals surface area contributed by atoms with E-state index in [0.29, 0.717) is 99.5 Å². The normalized spacial score (nSPS) is 12.6. The molecule has 0 bridgehead atoms. The molecule has 1 saturated heterocycles. The minimum atomic E-state index is -0.0845. The number of carbonyl (C=O) groups is 8. The SMILES string of the molecule is CC(C)C(=O)COCCN1CCN(c2ccc(C(=O)C(C)C)cn2)CC1.CC(C)CCCCCOC(=O)C(C)C.CC(C)CCCCCOCCC(=O)C(C)C.CC(C)CCCOC(=O)C(C)C.CC(C)CCOCC(=O)C(C)C.CC(C)CCOCCCCOCC(=O)C(C)C.CC(C)CCOCCCOCC(=O)C(C)C.CC(C)CCOCCOCCC(C)C.CC(C)CCO[C@H](C)[C@@H](C)OCCC(C)C. The Morgan fingerprint density at radius 2 is 0.531 bits per heavy atom. The Bertz CT molecular complexity index is 2890. The number of esters is 2. The Morgan fingerprint density at radius 1 is 0.252 bits per heavy atom. The number of piperazine rings is 1. The average molecular weight is 2040 g/mol. The highest BCUT2D eigenvalue weighted by atomic mass is 16.6. The van der Waals surface area contributed by atoms with Gasteiger partial charge in [0.15, 0.2) is 28.9 Å². The molecule has 0 amide bonds. The number of rotatable bonds is 76. The summed E-state index contributed by atoms with van der Waals surface area (Å²) in [5, 5.41) is 0. The third kappa shape index (κ3) is 118. The first-order chi connectivity index (χ1) is 67.2. The molecule has 2 heterocycles. The summed E-state index contributed by atoms with van der Waals surface area (Å²) in [4.78, 5) is 99.3. The maximum Gasteiger partial charge on any atom is 0.308 e. The fraction of sp³-hybridized carbons (Fsp3) is 0.891. The summed E-state index contributed by atoms with van der Waals surface area (Å²) in [5.74, 6) is 9.56. The molecule has 0 radical (unpaired) electrons. The van der Waals surface area contributed by atoms with E-state index in [4.69, 9.17) is 61.6 Å². The zero-order valence-electron chi connectivity index (χ0n) is 100. The van der Waals surface area contributed by atoms with Gasteiger partial charge >= 0.3 is 11.9 Å². The van der Waals surface area contributed by atoms with E-state index in [-0.39, 0.29) is 127 Å². The molecule has 1 fully saturated rings. The van der Waals surface area contributed by atoms with Gasteiger partial charge in [0.1, 0.15) is 38.0 Å². The van der Waals surface area contributed by atoms with Crippen LogP contribution in [0.2, 0.25) is 0 Å². The number of carbonyl (C=O) groups excluding carboxylic acids is 8. The molecule has 1 aromatic rings. The molecule has 143 heavy (non-hydrogen) atoms. The van der Waals surface area contributed by atoms with Crippen LogP contribution < -0.4 is 4.90 Å². The highest BCUT2D eigenvalue weighted by Gasteiger charge is 2.21. The van der Waals surface area contributed by atoms with Crippen molar-refractivity contribution in [3.8, 4) is 0 Å². The van der Waals surface area contributed by atoms with Gasteiger partial charge in [0, 0.05) is 166 Å². The number of hydrogen-bond donors (Lipinski definition) is 0. The van der Waals surface area contributed by atoms with Crippen molar-refractivity contribution in [1.29, 1.82) is 0 Å². The average Bonchev–Trinajstić information content (AvgIpc) is 0.840. The number of ketones is 6. The molecule has 1 aromatic heterocycles. The van der Waals surface area contributed by atoms with Gasteiger partial charge in [0.05, 0.1) is 63.7 Å². The van der Waals surface area contributed by atoms with Crippen LogP contribution in [0, 0.1) is 107 Å². The van der Waals surface area contributed by atoms with Crippen molar-refractivity contribution >= 4 is 52.5 Å². The van der Waals surface area contributed by atoms with Gasteiger partial charge in [-0.05, 0) is 175 Å². The molecule has 1 aliphatic rings. The number of anilines is 1. The number of Topliss-reactive ketones (excluding diaryl/α,β-unsaturated/α-hetero) is 6. The maximum atomic E-state index is 12.0. The molecule has 0 aromatic carbocycles. The molecule has 0 N–H and O–H groups in total. The number of unbranched alkanes of at least 4 members (excludes halogenated alkanes) is 5. The molecule has 1 aliphatic heterocycles. The molecular weight excluding hydrogens is 1810 g/mol. The third-order valence-corrected chi connectivity index (χ3v) is 22.6. The van der Waals surface area contributed by atoms with Crippen LogP contribution in [-0.4, -0.2) is 247 Å². The summed E-state index contributed by atoms with van der Waals surface area (Å²) in [6, 6.07) is 3.81. The van der Waals surface area contributed by atoms with Gasteiger partial charge in [-0.2, -0.15) is 0 Å². The molecular formula is C119H233N3O21. The highest BCUT2D eigenvalue weighted by Crippen LogP contribution is 2.19. The molecule has 24 nitrogen and oxygen atoms in total. The van der Waals surface area contributed by atoms with Crippen LogP contribution in [0.15, 0.2) is 18.3 Å². The van der Waals surface area contributed by atoms with E-state index >= 15 is 0 Å². The second-order valence-electron chi connectivity index (χ2n) is 45.0. The van der Waals surface area contributed by atoms with Crippen LogP contribution in [0.4, 0.5) is 5.82 Å². The Balaban J connectivity index is -0.000000294. The summed E-state index contributed by atoms with van der Waals surface area (Å²) in [5.41, 5.74) is 0.676. The molecule has 850 valence electrons. The van der Waals surface area contributed by atoms with Crippen LogP contribution in [0.1, 0.15) is 408 Å². The first-order valence-electron chi connectivity index (χ1n) is 56.5. The monoisotopic (exact) mass is 2040 g/mol. The van der Waals surface area contributed by atoms with E-state index in [1.807, 2.05) is 123 Å². The summed E-state index contributed by atoms with van der Waals surface area (Å²) < 4.78 is 70.0. The van der Waals surface area contributed by atoms with Crippen LogP contribution >= 0.6 is 0 Å². The van der Waals surface area contributed by atoms with E-state index in [0.717, 1.165) is 225 Å². The van der Waals surface area contributed by atoms with Crippen molar-refractivity contribution in [2.45, 2.75) is 410 Å². The van der Waals surface area contributed by atoms with Crippen LogP contribution in [0.3, 0.4) is 0 Å². The number of ether oxygens (including phenoxy) is 13. The minimum Gasteiger partial charge on any atom is -0.465 e. The standard InChI is InChI=1S/C20H31N3O3.C14H28O3.C14H30O2.C14H28O2.C13H26O3.C12H26O2.C12H24O2.2C10H20O2/c1-15(2)18(24)14-26-12-11-22-7-9-23(10-8-22)19-6-5-17(13-21-19)20(25)16(3)4;1-12(2)7-10-16-8-5-6-9-17-11-14(15)13(3)4;1-11(2)7-9-15-13(5)14(6)16-10-8-12(3)4;1-12(2)8-6-5-7-10-16-11-9-14(15)13(3)4;1-11(2)6-9-15-7-5-8-16-10-13(14)12(3)4;1-11(2)5-7-13-9-10-14-8-6-12(3)4;1-10(2)8-6-5-7-9-14-12(13)11(3)4;1-8(2)5-6-12-7-10(11)9(3)4;1-8(2)6-5-7-12-10(11)9(3)4/h5-6,13,15-16H,7-12,14H2,1-4H3;12-13H,5-11H2,1-4H3;11-14H,7-10H2,1-6H3;12-13H,5-11H2,1-4H3;11-12H,5-10H2,1-4H3;11-12H,5-10H2,1-4H3;10-11H,5-9H2,1-4H3;2*8-9H,5-7H2,1-4H3/t;;13-,14-;;;;;;/m..1....../s1. The van der Waals surface area contributed by atoms with Crippen molar-refractivity contribution in [3.63, 3.8) is 0 Å². The van der Waals surface area contributed by atoms with E-state index in [9.17, 15) is 38.4 Å². The Morgan fingerprint density at radius 3 is 0.860 bits per heavy atom. The topological polar surface area (TPSA) is 276 Å². The molecule has 2 atom stereocenters. The Labute approximate surface area is 881 Å². The molecule has 0 aliphatic carbocycles. The van der Waals surface area contributed by atoms with Crippen molar-refractivity contribution in [3.05, 3.63) is 23.9 Å². The maximum absolute atomic E-state index is 12.0. The van der Waals surface area contributed by atoms with Crippen LogP contribution in [0.25, 0.3) is 0 Å². The van der Waals surface area contributed by atoms with Crippen molar-refractivity contribution in [1.82, 2.24) is 9.88 Å². The van der Waals surface area contributed by atoms with E-state index < -0.39 is 0 Å². The lowest BCUT2D eigenvalue weighted by atomic mass is 10.0. The van der Waals surface area contributed by atoms with E-state index in [2.05, 4.69) is 167 Å². The van der Waals surface area contributed by atoms with Gasteiger partial charge in [-0.25, -0.2) is 4.98 Å². The smallest absolute Gasteiger partial charge is 0.308 e. The fourth-order valence-electron chi connectivity index (χ4n) is 11.3. The number of aromatic nitrogens is 1. The quantitative estimate of drug-likeness (QED) is 0.0333. The van der Waals surface area contributed by atoms with Crippen molar-refractivity contribution < 1.29 is 99.9 Å². The van der Waals surface area contributed by atoms with Crippen LogP contribution in [-0.2, 0) is 95.1 Å². The predicted octanol–water partition coefficient (Wildman–Crippen LogP) is 27.2. The van der Waals surface area contributed by atoms with E-state index in [1.165, 1.54) is 38.5 Å². The highest BCUT2D eigenvalue weighted by molar-refractivity contribution is 5.97. The summed E-state index contributed by atoms with van der Waals surface area (Å²) in [6.45, 7) is 97.3. The lowest BCUT2D eigenvalue weighted by molar-refractivity contribution is -0.148. The largest absolute Gasteiger partial charge is 0.465 e. The van der Waals surface area contributed by atoms with Gasteiger partial charge in [-0.1, -0.05) is 288 Å². The van der Waals surface area contributed by atoms with Crippen molar-refractivity contribution in [2.24, 2.45) is 107 Å². The van der Waals surface area contributed by atoms with Gasteiger partial charge in [0.2, 0.25) is 0 Å². The molecule has 0 saturated carbocycles. The first kappa shape index (κ1) is 151. The molecule has 2 rings (SSSR count). The zero-order valence-corrected chi connectivity index (χ0v) is 100. The van der Waals surface area contributed by atoms with Gasteiger partial charge in [0.25, 0.3) is 0 Å². The predicted molar refractivity (Wildman–Crippen MR) is 596 cm³/mol. The van der Waals surface area contributed by atoms with Gasteiger partial charge < -0.3 is 66.5 Å². The summed E-state index contributed by atoms with van der Waals surface area (Å²) >= 11 is 0. The van der Waals surface area contributed by atoms with Crippen LogP contribution in [0.5, 0.6) is 0 Å². The van der Waals surface area contributed by atoms with E-state index in [1.54, 1.807) is 6.20 Å². The molecule has 24 heteroatoms. The Kier molecular flexibility index (Phi) is 111. The fourth-order valence-corrected chi connectivity index (χ4v) is 11.3. The molecule has 0 unspecified atom stereocenters. The summed E-state index contributed by atoms with van der Waals surface area (Å²) in [6.07, 6.45) is 25.1. The second kappa shape index (κ2) is 105. The van der Waals surface area contributed by atoms with Crippen molar-refractivity contribution in [2.75, 3.05) is 183 Å². The van der Waals surface area contributed by atoms with Gasteiger partial charge in [-0.15, -0.1) is 0 Å².